The molecule has 1 amide bonds. The molecular formula is C18H23F3N2O4. The number of carbonyl (C=O) groups is 1. The second-order valence-corrected chi connectivity index (χ2v) is 7.16. The Morgan fingerprint density at radius 2 is 2.11 bits per heavy atom. The Morgan fingerprint density at radius 1 is 1.41 bits per heavy atom. The number of hydrogen-bond acceptors (Lipinski definition) is 5. The van der Waals surface area contributed by atoms with E-state index in [0.29, 0.717) is 44.7 Å². The van der Waals surface area contributed by atoms with Crippen LogP contribution >= 0.6 is 0 Å². The molecule has 1 spiro atoms. The minimum atomic E-state index is -2.54. The minimum absolute atomic E-state index is 0.0531. The van der Waals surface area contributed by atoms with Gasteiger partial charge in [0, 0.05) is 36.5 Å². The smallest absolute Gasteiger partial charge is 0.410 e. The van der Waals surface area contributed by atoms with Crippen molar-refractivity contribution in [3.8, 4) is 0 Å². The first-order chi connectivity index (χ1) is 12.8. The van der Waals surface area contributed by atoms with Gasteiger partial charge in [-0.2, -0.15) is 0 Å². The van der Waals surface area contributed by atoms with Crippen molar-refractivity contribution in [1.82, 2.24) is 9.88 Å². The van der Waals surface area contributed by atoms with Crippen molar-refractivity contribution in [2.24, 2.45) is 0 Å². The van der Waals surface area contributed by atoms with Crippen molar-refractivity contribution in [3.05, 3.63) is 29.6 Å². The number of likely N-dealkylation sites (tertiary alicyclic amines) is 1. The molecule has 6 nitrogen and oxygen atoms in total. The summed E-state index contributed by atoms with van der Waals surface area (Å²) < 4.78 is 49.4. The van der Waals surface area contributed by atoms with Gasteiger partial charge < -0.3 is 19.5 Å². The fourth-order valence-electron chi connectivity index (χ4n) is 3.59. The van der Waals surface area contributed by atoms with Gasteiger partial charge in [-0.1, -0.05) is 0 Å². The molecule has 3 rings (SSSR count). The quantitative estimate of drug-likeness (QED) is 0.858. The Hall–Kier alpha value is -1.87. The number of carbonyl (C=O) groups excluding carboxylic acids is 1. The molecule has 2 aliphatic rings. The van der Waals surface area contributed by atoms with Crippen LogP contribution in [-0.4, -0.2) is 58.8 Å². The van der Waals surface area contributed by atoms with E-state index >= 15 is 0 Å². The molecule has 1 aromatic rings. The van der Waals surface area contributed by atoms with Gasteiger partial charge in [-0.25, -0.2) is 18.0 Å². The van der Waals surface area contributed by atoms with Crippen LogP contribution in [0.4, 0.5) is 18.0 Å². The number of piperidine rings is 1. The van der Waals surface area contributed by atoms with Crippen LogP contribution in [-0.2, 0) is 9.47 Å². The fourth-order valence-corrected chi connectivity index (χ4v) is 3.59. The third-order valence-corrected chi connectivity index (χ3v) is 5.29. The number of aliphatic hydroxyl groups excluding tert-OH is 1. The number of aliphatic hydroxyl groups is 1. The number of hydrogen-bond donors (Lipinski definition) is 1. The zero-order valence-corrected chi connectivity index (χ0v) is 15.0. The van der Waals surface area contributed by atoms with E-state index in [1.54, 1.807) is 0 Å². The second-order valence-electron chi connectivity index (χ2n) is 7.16. The van der Waals surface area contributed by atoms with Gasteiger partial charge in [-0.15, -0.1) is 0 Å². The molecule has 3 atom stereocenters. The van der Waals surface area contributed by atoms with Crippen LogP contribution in [0.15, 0.2) is 18.3 Å². The molecular weight excluding hydrogens is 365 g/mol. The highest BCUT2D eigenvalue weighted by Gasteiger charge is 2.44. The van der Waals surface area contributed by atoms with E-state index in [9.17, 15) is 18.0 Å². The van der Waals surface area contributed by atoms with Gasteiger partial charge in [0.1, 0.15) is 0 Å². The van der Waals surface area contributed by atoms with Gasteiger partial charge >= 0.3 is 6.09 Å². The van der Waals surface area contributed by atoms with Crippen LogP contribution in [0.1, 0.15) is 49.8 Å². The Labute approximate surface area is 155 Å². The van der Waals surface area contributed by atoms with Crippen LogP contribution < -0.4 is 0 Å². The molecule has 1 N–H and O–H groups in total. The van der Waals surface area contributed by atoms with Crippen molar-refractivity contribution in [1.29, 1.82) is 0 Å². The highest BCUT2D eigenvalue weighted by atomic mass is 19.3. The van der Waals surface area contributed by atoms with E-state index in [1.807, 2.05) is 0 Å². The number of pyridine rings is 1. The molecule has 150 valence electrons. The summed E-state index contributed by atoms with van der Waals surface area (Å²) in [7, 11) is 0. The number of ether oxygens (including phenoxy) is 2. The number of aromatic nitrogens is 1. The van der Waals surface area contributed by atoms with E-state index in [-0.39, 0.29) is 11.5 Å². The van der Waals surface area contributed by atoms with Crippen molar-refractivity contribution < 1.29 is 32.5 Å². The van der Waals surface area contributed by atoms with E-state index in [4.69, 9.17) is 14.6 Å². The van der Waals surface area contributed by atoms with Crippen LogP contribution in [0.3, 0.4) is 0 Å². The predicted octanol–water partition coefficient (Wildman–Crippen LogP) is 3.17. The number of rotatable bonds is 4. The first-order valence-electron chi connectivity index (χ1n) is 8.95. The lowest BCUT2D eigenvalue weighted by atomic mass is 9.84. The number of amides is 1. The maximum atomic E-state index is 12.9. The fraction of sp³-hybridized carbons (Fsp3) is 0.667. The monoisotopic (exact) mass is 388 g/mol. The van der Waals surface area contributed by atoms with Crippen molar-refractivity contribution in [2.75, 3.05) is 19.7 Å². The summed E-state index contributed by atoms with van der Waals surface area (Å²) in [6.45, 7) is 2.44. The second kappa shape index (κ2) is 8.02. The Kier molecular flexibility index (Phi) is 5.90. The zero-order chi connectivity index (χ0) is 19.6. The molecule has 2 aliphatic heterocycles. The molecule has 0 aromatic carbocycles. The van der Waals surface area contributed by atoms with Crippen LogP contribution in [0.5, 0.6) is 0 Å². The molecule has 1 aromatic heterocycles. The first kappa shape index (κ1) is 19.9. The predicted molar refractivity (Wildman–Crippen MR) is 89.1 cm³/mol. The summed E-state index contributed by atoms with van der Waals surface area (Å²) in [6.07, 6.45) is -3.48. The first-order valence-corrected chi connectivity index (χ1v) is 8.95. The lowest BCUT2D eigenvalue weighted by molar-refractivity contribution is -0.0783. The zero-order valence-electron chi connectivity index (χ0n) is 15.0. The largest absolute Gasteiger partial charge is 0.441 e. The summed E-state index contributed by atoms with van der Waals surface area (Å²) >= 11 is 0. The van der Waals surface area contributed by atoms with Gasteiger partial charge in [-0.05, 0) is 38.3 Å². The topological polar surface area (TPSA) is 71.9 Å². The average molecular weight is 388 g/mol. The number of nitrogens with zero attached hydrogens (tertiary/aromatic N) is 2. The molecule has 3 heterocycles. The maximum absolute atomic E-state index is 12.9. The molecule has 0 radical (unpaired) electrons. The Balaban J connectivity index is 1.56. The third kappa shape index (κ3) is 4.52. The lowest BCUT2D eigenvalue weighted by Gasteiger charge is -2.38. The Bertz CT molecular complexity index is 666. The van der Waals surface area contributed by atoms with E-state index in [2.05, 4.69) is 4.98 Å². The van der Waals surface area contributed by atoms with Crippen LogP contribution in [0.25, 0.3) is 0 Å². The maximum Gasteiger partial charge on any atom is 0.410 e. The average Bonchev–Trinajstić information content (AvgIpc) is 3.06. The summed E-state index contributed by atoms with van der Waals surface area (Å²) in [6, 6.07) is 2.73. The standard InChI is InChI=1S/C18H23F3N2O4/c1-11(16(21)24)27-17(25)23-6-3-18(4-7-23)9-13(10-26-18)14-8-12(15(19)20)2-5-22-14/h2,5,8,11,13,15-16,24H,3-4,6-7,9-10H2,1H3. The van der Waals surface area contributed by atoms with Crippen molar-refractivity contribution in [3.63, 3.8) is 0 Å². The van der Waals surface area contributed by atoms with Gasteiger partial charge in [0.15, 0.2) is 6.10 Å². The number of halogens is 3. The molecule has 0 aliphatic carbocycles. The SMILES string of the molecule is CC(OC(=O)N1CCC2(CC1)CC(c1cc(C(F)F)ccn1)CO2)C(O)F. The van der Waals surface area contributed by atoms with E-state index in [1.165, 1.54) is 30.2 Å². The lowest BCUT2D eigenvalue weighted by Crippen LogP contribution is -2.47. The Morgan fingerprint density at radius 3 is 2.74 bits per heavy atom. The summed E-state index contributed by atoms with van der Waals surface area (Å²) in [5.41, 5.74) is 0.120. The molecule has 2 saturated heterocycles. The van der Waals surface area contributed by atoms with Crippen molar-refractivity contribution >= 4 is 6.09 Å². The van der Waals surface area contributed by atoms with Crippen LogP contribution in [0.2, 0.25) is 0 Å². The minimum Gasteiger partial charge on any atom is -0.441 e. The van der Waals surface area contributed by atoms with Crippen LogP contribution in [0, 0.1) is 0 Å². The molecule has 0 bridgehead atoms. The highest BCUT2D eigenvalue weighted by Crippen LogP contribution is 2.42. The van der Waals surface area contributed by atoms with Crippen molar-refractivity contribution in [2.45, 2.75) is 56.6 Å². The van der Waals surface area contributed by atoms with E-state index < -0.39 is 30.6 Å². The third-order valence-electron chi connectivity index (χ3n) is 5.29. The van der Waals surface area contributed by atoms with Gasteiger partial charge in [0.25, 0.3) is 6.43 Å². The summed E-state index contributed by atoms with van der Waals surface area (Å²) in [5, 5.41) is 8.79. The van der Waals surface area contributed by atoms with Gasteiger partial charge in [0.2, 0.25) is 6.36 Å². The van der Waals surface area contributed by atoms with E-state index in [0.717, 1.165) is 0 Å². The molecule has 3 unspecified atom stereocenters. The summed E-state index contributed by atoms with van der Waals surface area (Å²) in [4.78, 5) is 17.7. The number of alkyl halides is 3. The molecule has 2 fully saturated rings. The summed E-state index contributed by atoms with van der Waals surface area (Å²) in [5.74, 6) is -0.0658. The highest BCUT2D eigenvalue weighted by molar-refractivity contribution is 5.68. The molecule has 27 heavy (non-hydrogen) atoms. The van der Waals surface area contributed by atoms with Gasteiger partial charge in [-0.3, -0.25) is 4.98 Å². The molecule has 9 heteroatoms. The normalized spacial score (nSPS) is 24.2. The van der Waals surface area contributed by atoms with Gasteiger partial charge in [0.05, 0.1) is 12.2 Å². The molecule has 0 saturated carbocycles.